The summed E-state index contributed by atoms with van der Waals surface area (Å²) in [4.78, 5) is 11.6. The van der Waals surface area contributed by atoms with E-state index in [4.69, 9.17) is 9.47 Å². The van der Waals surface area contributed by atoms with E-state index in [0.717, 1.165) is 28.9 Å². The summed E-state index contributed by atoms with van der Waals surface area (Å²) in [6.45, 7) is 2.22. The zero-order valence-electron chi connectivity index (χ0n) is 11.3. The molecule has 3 nitrogen and oxygen atoms in total. The van der Waals surface area contributed by atoms with Crippen molar-refractivity contribution >= 4 is 6.29 Å². The maximum atomic E-state index is 11.6. The lowest BCUT2D eigenvalue weighted by atomic mass is 9.78. The van der Waals surface area contributed by atoms with Crippen LogP contribution in [-0.2, 0) is 16.6 Å². The first-order valence-electron chi connectivity index (χ1n) is 6.62. The molecule has 0 N–H and O–H groups in total. The number of carbonyl (C=O) groups excluding carboxylic acids is 1. The molecule has 2 aromatic carbocycles. The molecule has 0 bridgehead atoms. The first kappa shape index (κ1) is 12.7. The van der Waals surface area contributed by atoms with E-state index in [1.165, 1.54) is 0 Å². The summed E-state index contributed by atoms with van der Waals surface area (Å²) >= 11 is 0. The summed E-state index contributed by atoms with van der Waals surface area (Å²) in [6.07, 6.45) is 1.66. The van der Waals surface area contributed by atoms with Crippen LogP contribution in [0.25, 0.3) is 0 Å². The quantitative estimate of drug-likeness (QED) is 0.799. The normalized spacial score (nSPS) is 15.7. The number of hydrogen-bond acceptors (Lipinski definition) is 3. The van der Waals surface area contributed by atoms with Gasteiger partial charge in [0.2, 0.25) is 6.79 Å². The van der Waals surface area contributed by atoms with Crippen molar-refractivity contribution in [3.05, 3.63) is 59.7 Å². The average molecular weight is 268 g/mol. The van der Waals surface area contributed by atoms with Crippen LogP contribution in [0.3, 0.4) is 0 Å². The smallest absolute Gasteiger partial charge is 0.231 e. The van der Waals surface area contributed by atoms with Gasteiger partial charge in [0.15, 0.2) is 11.5 Å². The molecule has 0 aromatic heterocycles. The largest absolute Gasteiger partial charge is 0.454 e. The molecule has 0 saturated heterocycles. The summed E-state index contributed by atoms with van der Waals surface area (Å²) in [7, 11) is 0. The molecule has 3 rings (SSSR count). The first-order valence-corrected chi connectivity index (χ1v) is 6.62. The van der Waals surface area contributed by atoms with Crippen molar-refractivity contribution in [3.8, 4) is 11.5 Å². The van der Waals surface area contributed by atoms with Gasteiger partial charge in [0.1, 0.15) is 6.29 Å². The van der Waals surface area contributed by atoms with E-state index in [-0.39, 0.29) is 6.79 Å². The van der Waals surface area contributed by atoms with E-state index in [0.29, 0.717) is 6.42 Å². The van der Waals surface area contributed by atoms with Gasteiger partial charge in [-0.05, 0) is 36.6 Å². The second-order valence-electron chi connectivity index (χ2n) is 5.27. The molecule has 0 amide bonds. The minimum Gasteiger partial charge on any atom is -0.454 e. The molecule has 0 radical (unpaired) electrons. The van der Waals surface area contributed by atoms with Gasteiger partial charge in [0.05, 0.1) is 5.41 Å². The standard InChI is InChI=1S/C17H16O3/c1-17(11-18,14-5-3-2-4-6-14)10-13-7-8-15-16(9-13)20-12-19-15/h2-9,11H,10,12H2,1H3. The Morgan fingerprint density at radius 2 is 1.85 bits per heavy atom. The summed E-state index contributed by atoms with van der Waals surface area (Å²) in [5, 5.41) is 0. The van der Waals surface area contributed by atoms with Crippen molar-refractivity contribution in [1.29, 1.82) is 0 Å². The van der Waals surface area contributed by atoms with Crippen LogP contribution >= 0.6 is 0 Å². The number of fused-ring (bicyclic) bond motifs is 1. The van der Waals surface area contributed by atoms with Gasteiger partial charge >= 0.3 is 0 Å². The lowest BCUT2D eigenvalue weighted by molar-refractivity contribution is -0.112. The Morgan fingerprint density at radius 1 is 1.10 bits per heavy atom. The van der Waals surface area contributed by atoms with Crippen molar-refractivity contribution in [2.45, 2.75) is 18.8 Å². The fourth-order valence-corrected chi connectivity index (χ4v) is 2.51. The Morgan fingerprint density at radius 3 is 2.60 bits per heavy atom. The van der Waals surface area contributed by atoms with E-state index >= 15 is 0 Å². The fourth-order valence-electron chi connectivity index (χ4n) is 2.51. The third kappa shape index (κ3) is 2.27. The molecule has 2 aromatic rings. The zero-order chi connectivity index (χ0) is 14.0. The summed E-state index contributed by atoms with van der Waals surface area (Å²) in [5.41, 5.74) is 1.55. The van der Waals surface area contributed by atoms with Crippen molar-refractivity contribution < 1.29 is 14.3 Å². The van der Waals surface area contributed by atoms with Gasteiger partial charge in [-0.25, -0.2) is 0 Å². The average Bonchev–Trinajstić information content (AvgIpc) is 2.95. The highest BCUT2D eigenvalue weighted by Gasteiger charge is 2.27. The molecular formula is C17H16O3. The Balaban J connectivity index is 1.90. The Hall–Kier alpha value is -2.29. The maximum Gasteiger partial charge on any atom is 0.231 e. The highest BCUT2D eigenvalue weighted by Crippen LogP contribution is 2.35. The molecule has 3 heteroatoms. The number of benzene rings is 2. The van der Waals surface area contributed by atoms with Gasteiger partial charge in [-0.2, -0.15) is 0 Å². The van der Waals surface area contributed by atoms with Crippen molar-refractivity contribution in [3.63, 3.8) is 0 Å². The van der Waals surface area contributed by atoms with Gasteiger partial charge in [-0.1, -0.05) is 36.4 Å². The number of hydrogen-bond donors (Lipinski definition) is 0. The van der Waals surface area contributed by atoms with Crippen LogP contribution in [0.2, 0.25) is 0 Å². The molecule has 0 aliphatic carbocycles. The van der Waals surface area contributed by atoms with Crippen LogP contribution in [0, 0.1) is 0 Å². The molecule has 1 unspecified atom stereocenters. The van der Waals surface area contributed by atoms with Crippen molar-refractivity contribution in [2.75, 3.05) is 6.79 Å². The second-order valence-corrected chi connectivity index (χ2v) is 5.27. The molecule has 0 spiro atoms. The fraction of sp³-hybridized carbons (Fsp3) is 0.235. The Labute approximate surface area is 118 Å². The van der Waals surface area contributed by atoms with Crippen LogP contribution in [0.5, 0.6) is 11.5 Å². The highest BCUT2D eigenvalue weighted by molar-refractivity contribution is 5.69. The monoisotopic (exact) mass is 268 g/mol. The van der Waals surface area contributed by atoms with Crippen LogP contribution in [0.4, 0.5) is 0 Å². The third-order valence-corrected chi connectivity index (χ3v) is 3.70. The lowest BCUT2D eigenvalue weighted by Gasteiger charge is -2.23. The van der Waals surface area contributed by atoms with E-state index < -0.39 is 5.41 Å². The number of aldehydes is 1. The topological polar surface area (TPSA) is 35.5 Å². The summed E-state index contributed by atoms with van der Waals surface area (Å²) in [6, 6.07) is 15.7. The second kappa shape index (κ2) is 5.00. The highest BCUT2D eigenvalue weighted by atomic mass is 16.7. The summed E-state index contributed by atoms with van der Waals surface area (Å²) < 4.78 is 10.7. The van der Waals surface area contributed by atoms with Gasteiger partial charge in [0, 0.05) is 0 Å². The zero-order valence-corrected chi connectivity index (χ0v) is 11.3. The SMILES string of the molecule is CC(C=O)(Cc1ccc2c(c1)OCO2)c1ccccc1. The first-order chi connectivity index (χ1) is 9.71. The molecule has 1 atom stereocenters. The van der Waals surface area contributed by atoms with E-state index in [1.54, 1.807) is 0 Å². The van der Waals surface area contributed by atoms with Gasteiger partial charge < -0.3 is 14.3 Å². The molecule has 1 aliphatic heterocycles. The lowest BCUT2D eigenvalue weighted by Crippen LogP contribution is -2.26. The van der Waals surface area contributed by atoms with Crippen LogP contribution in [0.1, 0.15) is 18.1 Å². The minimum absolute atomic E-state index is 0.266. The van der Waals surface area contributed by atoms with Crippen LogP contribution in [0.15, 0.2) is 48.5 Å². The van der Waals surface area contributed by atoms with E-state index in [1.807, 2.05) is 55.5 Å². The van der Waals surface area contributed by atoms with E-state index in [9.17, 15) is 4.79 Å². The van der Waals surface area contributed by atoms with Crippen molar-refractivity contribution in [1.82, 2.24) is 0 Å². The van der Waals surface area contributed by atoms with E-state index in [2.05, 4.69) is 0 Å². The summed E-state index contributed by atoms with van der Waals surface area (Å²) in [5.74, 6) is 1.52. The molecule has 0 fully saturated rings. The number of ether oxygens (including phenoxy) is 2. The molecular weight excluding hydrogens is 252 g/mol. The molecule has 0 saturated carbocycles. The predicted octanol–water partition coefficient (Wildman–Crippen LogP) is 3.11. The minimum atomic E-state index is -0.533. The molecule has 1 heterocycles. The maximum absolute atomic E-state index is 11.6. The van der Waals surface area contributed by atoms with Crippen LogP contribution in [-0.4, -0.2) is 13.1 Å². The third-order valence-electron chi connectivity index (χ3n) is 3.70. The van der Waals surface area contributed by atoms with Gasteiger partial charge in [-0.3, -0.25) is 0 Å². The number of rotatable bonds is 4. The molecule has 20 heavy (non-hydrogen) atoms. The Bertz CT molecular complexity index is 621. The van der Waals surface area contributed by atoms with Crippen LogP contribution < -0.4 is 9.47 Å². The Kier molecular flexibility index (Phi) is 3.18. The number of carbonyl (C=O) groups is 1. The van der Waals surface area contributed by atoms with Crippen molar-refractivity contribution in [2.24, 2.45) is 0 Å². The molecule has 1 aliphatic rings. The predicted molar refractivity (Wildman–Crippen MR) is 76.1 cm³/mol. The molecule has 102 valence electrons. The van der Waals surface area contributed by atoms with Gasteiger partial charge in [0.25, 0.3) is 0 Å². The van der Waals surface area contributed by atoms with Gasteiger partial charge in [-0.15, -0.1) is 0 Å².